The van der Waals surface area contributed by atoms with E-state index < -0.39 is 0 Å². The van der Waals surface area contributed by atoms with Crippen LogP contribution in [0.15, 0.2) is 18.2 Å². The first-order valence-corrected chi connectivity index (χ1v) is 4.49. The summed E-state index contributed by atoms with van der Waals surface area (Å²) in [4.78, 5) is 16.6. The molecule has 0 heterocycles. The maximum absolute atomic E-state index is 11.5. The van der Waals surface area contributed by atoms with Crippen LogP contribution in [-0.4, -0.2) is 27.1 Å². The average Bonchev–Trinajstić information content (AvgIpc) is 2.26. The molecule has 0 saturated carbocycles. The minimum Gasteiger partial charge on any atom is -0.399 e. The van der Waals surface area contributed by atoms with Crippen LogP contribution in [0.1, 0.15) is 10.4 Å². The van der Waals surface area contributed by atoms with Crippen LogP contribution in [0.4, 0.5) is 11.4 Å². The zero-order valence-corrected chi connectivity index (χ0v) is 9.07. The van der Waals surface area contributed by atoms with Crippen LogP contribution in [-0.2, 0) is 4.84 Å². The van der Waals surface area contributed by atoms with Gasteiger partial charge in [-0.3, -0.25) is 14.7 Å². The van der Waals surface area contributed by atoms with Gasteiger partial charge >= 0.3 is 0 Å². The van der Waals surface area contributed by atoms with Crippen molar-refractivity contribution in [3.05, 3.63) is 23.8 Å². The van der Waals surface area contributed by atoms with Gasteiger partial charge in [-0.05, 0) is 18.2 Å². The summed E-state index contributed by atoms with van der Waals surface area (Å²) in [5.41, 5.74) is 7.39. The van der Waals surface area contributed by atoms with Gasteiger partial charge in [0.15, 0.2) is 0 Å². The maximum atomic E-state index is 11.5. The van der Waals surface area contributed by atoms with Gasteiger partial charge in [-0.25, -0.2) is 0 Å². The van der Waals surface area contributed by atoms with Gasteiger partial charge in [0.05, 0.1) is 18.4 Å². The number of benzene rings is 1. The van der Waals surface area contributed by atoms with Crippen LogP contribution in [0.25, 0.3) is 0 Å². The van der Waals surface area contributed by atoms with Gasteiger partial charge in [0, 0.05) is 19.8 Å². The molecule has 0 atom stereocenters. The first kappa shape index (κ1) is 11.3. The highest BCUT2D eigenvalue weighted by molar-refractivity contribution is 6.00. The smallest absolute Gasteiger partial charge is 0.253 e. The molecule has 5 heteroatoms. The van der Waals surface area contributed by atoms with E-state index >= 15 is 0 Å². The van der Waals surface area contributed by atoms with Crippen LogP contribution in [0, 0.1) is 0 Å². The monoisotopic (exact) mass is 209 g/mol. The van der Waals surface area contributed by atoms with Crippen molar-refractivity contribution in [3.63, 3.8) is 0 Å². The van der Waals surface area contributed by atoms with Crippen LogP contribution < -0.4 is 16.1 Å². The molecule has 82 valence electrons. The summed E-state index contributed by atoms with van der Waals surface area (Å²) in [6.07, 6.45) is 0. The molecule has 0 aliphatic carbocycles. The van der Waals surface area contributed by atoms with Gasteiger partial charge in [-0.1, -0.05) is 0 Å². The molecule has 0 spiro atoms. The molecule has 1 aromatic rings. The molecular formula is C10H15N3O2. The van der Waals surface area contributed by atoms with E-state index in [1.165, 1.54) is 12.2 Å². The summed E-state index contributed by atoms with van der Waals surface area (Å²) in [5, 5.41) is 4.05. The average molecular weight is 209 g/mol. The molecule has 0 aliphatic heterocycles. The predicted octanol–water partition coefficient (Wildman–Crippen LogP) is 0.626. The lowest BCUT2D eigenvalue weighted by molar-refractivity contribution is 0.0960. The Morgan fingerprint density at radius 2 is 2.20 bits per heavy atom. The third-order valence-corrected chi connectivity index (χ3v) is 2.11. The van der Waals surface area contributed by atoms with Crippen LogP contribution in [0.3, 0.4) is 0 Å². The molecule has 3 N–H and O–H groups in total. The Morgan fingerprint density at radius 3 is 2.73 bits per heavy atom. The molecule has 0 unspecified atom stereocenters. The number of hydrogen-bond donors (Lipinski definition) is 2. The van der Waals surface area contributed by atoms with E-state index in [0.717, 1.165) is 0 Å². The van der Waals surface area contributed by atoms with E-state index in [2.05, 4.69) is 5.32 Å². The fourth-order valence-corrected chi connectivity index (χ4v) is 1.23. The highest BCUT2D eigenvalue weighted by Crippen LogP contribution is 2.22. The van der Waals surface area contributed by atoms with Crippen molar-refractivity contribution in [3.8, 4) is 0 Å². The van der Waals surface area contributed by atoms with Gasteiger partial charge in [-0.15, -0.1) is 0 Å². The lowest BCUT2D eigenvalue weighted by Gasteiger charge is -2.19. The molecule has 0 saturated heterocycles. The number of hydrogen-bond acceptors (Lipinski definition) is 4. The number of nitrogens with two attached hydrogens (primary N) is 1. The predicted molar refractivity (Wildman–Crippen MR) is 59.7 cm³/mol. The SMILES string of the molecule is CNC(=O)c1ccc(N)cc1N(C)OC. The number of amides is 1. The standard InChI is InChI=1S/C10H15N3O2/c1-12-10(14)8-5-4-7(11)6-9(8)13(2)15-3/h4-6H,11H2,1-3H3,(H,12,14). The molecule has 15 heavy (non-hydrogen) atoms. The third-order valence-electron chi connectivity index (χ3n) is 2.11. The number of nitrogens with one attached hydrogen (secondary N) is 1. The number of carbonyl (C=O) groups is 1. The van der Waals surface area contributed by atoms with Crippen molar-refractivity contribution in [2.24, 2.45) is 0 Å². The quantitative estimate of drug-likeness (QED) is 0.566. The Kier molecular flexibility index (Phi) is 3.51. The second kappa shape index (κ2) is 4.65. The van der Waals surface area contributed by atoms with Crippen LogP contribution >= 0.6 is 0 Å². The maximum Gasteiger partial charge on any atom is 0.253 e. The molecule has 1 aromatic carbocycles. The number of rotatable bonds is 3. The summed E-state index contributed by atoms with van der Waals surface area (Å²) >= 11 is 0. The molecule has 1 amide bonds. The number of hydroxylamine groups is 1. The van der Waals surface area contributed by atoms with Crippen molar-refractivity contribution >= 4 is 17.3 Å². The second-order valence-electron chi connectivity index (χ2n) is 3.04. The number of nitrogens with zero attached hydrogens (tertiary/aromatic N) is 1. The molecule has 0 radical (unpaired) electrons. The summed E-state index contributed by atoms with van der Waals surface area (Å²) < 4.78 is 0. The second-order valence-corrected chi connectivity index (χ2v) is 3.04. The highest BCUT2D eigenvalue weighted by atomic mass is 16.7. The van der Waals surface area contributed by atoms with Gasteiger partial charge in [0.25, 0.3) is 5.91 Å². The van der Waals surface area contributed by atoms with Gasteiger partial charge in [0.1, 0.15) is 0 Å². The van der Waals surface area contributed by atoms with Crippen molar-refractivity contribution in [1.82, 2.24) is 5.32 Å². The van der Waals surface area contributed by atoms with Crippen molar-refractivity contribution in [2.75, 3.05) is 32.0 Å². The Labute approximate surface area is 88.8 Å². The molecule has 0 bridgehead atoms. The molecule has 5 nitrogen and oxygen atoms in total. The summed E-state index contributed by atoms with van der Waals surface area (Å²) in [5.74, 6) is -0.172. The topological polar surface area (TPSA) is 67.6 Å². The highest BCUT2D eigenvalue weighted by Gasteiger charge is 2.13. The normalized spacial score (nSPS) is 9.80. The Hall–Kier alpha value is -1.75. The van der Waals surface area contributed by atoms with Gasteiger partial charge in [-0.2, -0.15) is 0 Å². The fraction of sp³-hybridized carbons (Fsp3) is 0.300. The summed E-state index contributed by atoms with van der Waals surface area (Å²) in [6.45, 7) is 0. The fourth-order valence-electron chi connectivity index (χ4n) is 1.23. The Bertz CT molecular complexity index is 366. The van der Waals surface area contributed by atoms with E-state index in [1.807, 2.05) is 0 Å². The van der Waals surface area contributed by atoms with Crippen molar-refractivity contribution in [2.45, 2.75) is 0 Å². The van der Waals surface area contributed by atoms with Crippen molar-refractivity contribution in [1.29, 1.82) is 0 Å². The Morgan fingerprint density at radius 1 is 1.53 bits per heavy atom. The van der Waals surface area contributed by atoms with Gasteiger partial charge in [0.2, 0.25) is 0 Å². The zero-order valence-electron chi connectivity index (χ0n) is 9.07. The molecule has 0 aromatic heterocycles. The molecular weight excluding hydrogens is 194 g/mol. The molecule has 1 rings (SSSR count). The van der Waals surface area contributed by atoms with E-state index in [4.69, 9.17) is 10.6 Å². The molecule has 0 aliphatic rings. The van der Waals surface area contributed by atoms with E-state index in [-0.39, 0.29) is 5.91 Å². The van der Waals surface area contributed by atoms with Crippen molar-refractivity contribution < 1.29 is 9.63 Å². The zero-order chi connectivity index (χ0) is 11.4. The summed E-state index contributed by atoms with van der Waals surface area (Å²) in [6, 6.07) is 5.03. The van der Waals surface area contributed by atoms with Crippen LogP contribution in [0.5, 0.6) is 0 Å². The van der Waals surface area contributed by atoms with E-state index in [0.29, 0.717) is 16.9 Å². The van der Waals surface area contributed by atoms with E-state index in [1.54, 1.807) is 32.3 Å². The van der Waals surface area contributed by atoms with Crippen LogP contribution in [0.2, 0.25) is 0 Å². The first-order chi connectivity index (χ1) is 7.10. The number of nitrogen functional groups attached to an aromatic ring is 1. The molecule has 0 fully saturated rings. The first-order valence-electron chi connectivity index (χ1n) is 4.49. The lowest BCUT2D eigenvalue weighted by atomic mass is 10.1. The summed E-state index contributed by atoms with van der Waals surface area (Å²) in [7, 11) is 4.81. The number of anilines is 2. The Balaban J connectivity index is 3.20. The third kappa shape index (κ3) is 2.38. The number of carbonyl (C=O) groups excluding carboxylic acids is 1. The van der Waals surface area contributed by atoms with Gasteiger partial charge < -0.3 is 11.1 Å². The lowest BCUT2D eigenvalue weighted by Crippen LogP contribution is -2.23. The largest absolute Gasteiger partial charge is 0.399 e. The van der Waals surface area contributed by atoms with E-state index in [9.17, 15) is 4.79 Å². The minimum atomic E-state index is -0.172. The minimum absolute atomic E-state index is 0.172.